The summed E-state index contributed by atoms with van der Waals surface area (Å²) in [4.78, 5) is 12.0. The number of hydrogen-bond donors (Lipinski definition) is 0. The molecule has 0 unspecified atom stereocenters. The molecular weight excluding hydrogens is 176 g/mol. The lowest BCUT2D eigenvalue weighted by Gasteiger charge is -2.30. The van der Waals surface area contributed by atoms with Gasteiger partial charge in [0.25, 0.3) is 0 Å². The molecule has 2 nitrogen and oxygen atoms in total. The normalized spacial score (nSPS) is 18.6. The third-order valence-electron chi connectivity index (χ3n) is 2.65. The second kappa shape index (κ2) is 2.84. The van der Waals surface area contributed by atoms with Crippen LogP contribution < -0.4 is 4.74 Å². The van der Waals surface area contributed by atoms with Crippen LogP contribution in [0.3, 0.4) is 0 Å². The number of rotatable bonds is 0. The van der Waals surface area contributed by atoms with Gasteiger partial charge >= 0.3 is 0 Å². The molecule has 0 radical (unpaired) electrons. The van der Waals surface area contributed by atoms with E-state index in [1.807, 2.05) is 39.0 Å². The zero-order valence-electron chi connectivity index (χ0n) is 8.76. The van der Waals surface area contributed by atoms with Crippen molar-refractivity contribution in [3.63, 3.8) is 0 Å². The highest BCUT2D eigenvalue weighted by Gasteiger charge is 2.36. The highest BCUT2D eigenvalue weighted by Crippen LogP contribution is 2.35. The van der Waals surface area contributed by atoms with Crippen LogP contribution in [0.25, 0.3) is 0 Å². The molecule has 14 heavy (non-hydrogen) atoms. The Balaban J connectivity index is 2.57. The largest absolute Gasteiger partial charge is 0.492 e. The molecule has 0 spiro atoms. The van der Waals surface area contributed by atoms with Crippen molar-refractivity contribution in [1.82, 2.24) is 0 Å². The predicted octanol–water partition coefficient (Wildman–Crippen LogP) is 2.60. The summed E-state index contributed by atoms with van der Waals surface area (Å²) in [5, 5.41) is 0. The Hall–Kier alpha value is -1.31. The van der Waals surface area contributed by atoms with Gasteiger partial charge in [0.2, 0.25) is 0 Å². The van der Waals surface area contributed by atoms with Crippen LogP contribution in [0.5, 0.6) is 5.75 Å². The van der Waals surface area contributed by atoms with Crippen molar-refractivity contribution < 1.29 is 9.53 Å². The number of ketones is 1. The van der Waals surface area contributed by atoms with Crippen molar-refractivity contribution >= 4 is 5.78 Å². The Morgan fingerprint density at radius 1 is 1.36 bits per heavy atom. The van der Waals surface area contributed by atoms with E-state index in [0.29, 0.717) is 6.61 Å². The molecule has 0 amide bonds. The molecule has 0 saturated heterocycles. The molecule has 0 saturated carbocycles. The number of carbonyl (C=O) groups excluding carboxylic acids is 1. The van der Waals surface area contributed by atoms with Crippen LogP contribution in [0.1, 0.15) is 29.8 Å². The lowest BCUT2D eigenvalue weighted by Crippen LogP contribution is -2.35. The monoisotopic (exact) mass is 190 g/mol. The molecule has 74 valence electrons. The van der Waals surface area contributed by atoms with Gasteiger partial charge in [-0.15, -0.1) is 0 Å². The first-order chi connectivity index (χ1) is 6.52. The van der Waals surface area contributed by atoms with Gasteiger partial charge in [-0.1, -0.05) is 12.1 Å². The molecule has 0 aliphatic carbocycles. The first-order valence-electron chi connectivity index (χ1n) is 4.79. The molecule has 0 N–H and O–H groups in total. The van der Waals surface area contributed by atoms with E-state index >= 15 is 0 Å². The first-order valence-corrected chi connectivity index (χ1v) is 4.79. The van der Waals surface area contributed by atoms with Crippen molar-refractivity contribution in [1.29, 1.82) is 0 Å². The molecule has 0 atom stereocenters. The van der Waals surface area contributed by atoms with E-state index in [0.717, 1.165) is 16.9 Å². The van der Waals surface area contributed by atoms with Crippen LogP contribution in [0.2, 0.25) is 0 Å². The molecular formula is C12H14O2. The molecule has 1 heterocycles. The van der Waals surface area contributed by atoms with E-state index in [2.05, 4.69) is 0 Å². The van der Waals surface area contributed by atoms with Gasteiger partial charge in [-0.3, -0.25) is 4.79 Å². The van der Waals surface area contributed by atoms with Gasteiger partial charge in [-0.25, -0.2) is 0 Å². The number of aryl methyl sites for hydroxylation is 1. The van der Waals surface area contributed by atoms with Gasteiger partial charge in [0.1, 0.15) is 12.4 Å². The van der Waals surface area contributed by atoms with Gasteiger partial charge < -0.3 is 4.74 Å². The smallest absolute Gasteiger partial charge is 0.175 e. The first kappa shape index (κ1) is 9.25. The molecule has 1 aromatic rings. The molecule has 0 aromatic heterocycles. The fourth-order valence-electron chi connectivity index (χ4n) is 1.71. The fourth-order valence-corrected chi connectivity index (χ4v) is 1.71. The van der Waals surface area contributed by atoms with Crippen LogP contribution in [0.15, 0.2) is 18.2 Å². The van der Waals surface area contributed by atoms with Crippen LogP contribution >= 0.6 is 0 Å². The number of para-hydroxylation sites is 1. The molecule has 1 aliphatic heterocycles. The molecule has 1 aromatic carbocycles. The van der Waals surface area contributed by atoms with Crippen molar-refractivity contribution in [3.05, 3.63) is 29.3 Å². The second-order valence-corrected chi connectivity index (χ2v) is 4.45. The summed E-state index contributed by atoms with van der Waals surface area (Å²) < 4.78 is 5.62. The summed E-state index contributed by atoms with van der Waals surface area (Å²) in [6.45, 7) is 6.27. The quantitative estimate of drug-likeness (QED) is 0.628. The maximum absolute atomic E-state index is 12.0. The van der Waals surface area contributed by atoms with Crippen LogP contribution in [-0.2, 0) is 0 Å². The topological polar surface area (TPSA) is 26.3 Å². The minimum Gasteiger partial charge on any atom is -0.492 e. The number of Topliss-reactive ketones (excluding diaryl/α,β-unsaturated/α-hetero) is 1. The highest BCUT2D eigenvalue weighted by atomic mass is 16.5. The summed E-state index contributed by atoms with van der Waals surface area (Å²) in [5.74, 6) is 0.944. The Kier molecular flexibility index (Phi) is 1.88. The third kappa shape index (κ3) is 1.22. The zero-order valence-corrected chi connectivity index (χ0v) is 8.76. The predicted molar refractivity (Wildman–Crippen MR) is 54.8 cm³/mol. The Bertz CT molecular complexity index is 391. The Morgan fingerprint density at radius 2 is 2.07 bits per heavy atom. The van der Waals surface area contributed by atoms with E-state index in [4.69, 9.17) is 4.74 Å². The van der Waals surface area contributed by atoms with Gasteiger partial charge in [-0.2, -0.15) is 0 Å². The van der Waals surface area contributed by atoms with Crippen molar-refractivity contribution in [2.24, 2.45) is 5.41 Å². The van der Waals surface area contributed by atoms with E-state index in [1.54, 1.807) is 0 Å². The van der Waals surface area contributed by atoms with Crippen molar-refractivity contribution in [2.75, 3.05) is 6.61 Å². The maximum atomic E-state index is 12.0. The second-order valence-electron chi connectivity index (χ2n) is 4.45. The summed E-state index contributed by atoms with van der Waals surface area (Å²) in [6.07, 6.45) is 0. The number of fused-ring (bicyclic) bond motifs is 1. The van der Waals surface area contributed by atoms with E-state index in [-0.39, 0.29) is 11.2 Å². The number of hydrogen-bond acceptors (Lipinski definition) is 2. The lowest BCUT2D eigenvalue weighted by molar-refractivity contribution is 0.0691. The molecule has 0 fully saturated rings. The average molecular weight is 190 g/mol. The van der Waals surface area contributed by atoms with Crippen molar-refractivity contribution in [3.8, 4) is 5.75 Å². The molecule has 2 heteroatoms. The molecule has 0 bridgehead atoms. The van der Waals surface area contributed by atoms with Gasteiger partial charge in [-0.05, 0) is 32.4 Å². The minimum absolute atomic E-state index is 0.183. The molecule has 1 aliphatic rings. The molecule has 2 rings (SSSR count). The lowest BCUT2D eigenvalue weighted by atomic mass is 9.82. The highest BCUT2D eigenvalue weighted by molar-refractivity contribution is 6.03. The third-order valence-corrected chi connectivity index (χ3v) is 2.65. The zero-order chi connectivity index (χ0) is 10.3. The van der Waals surface area contributed by atoms with E-state index in [9.17, 15) is 4.79 Å². The summed E-state index contributed by atoms with van der Waals surface area (Å²) in [6, 6.07) is 5.70. The summed E-state index contributed by atoms with van der Waals surface area (Å²) >= 11 is 0. The van der Waals surface area contributed by atoms with E-state index in [1.165, 1.54) is 0 Å². The Morgan fingerprint density at radius 3 is 2.79 bits per heavy atom. The summed E-state index contributed by atoms with van der Waals surface area (Å²) in [7, 11) is 0. The summed E-state index contributed by atoms with van der Waals surface area (Å²) in [5.41, 5.74) is 1.37. The minimum atomic E-state index is -0.388. The van der Waals surface area contributed by atoms with Gasteiger partial charge in [0.15, 0.2) is 5.78 Å². The van der Waals surface area contributed by atoms with Crippen molar-refractivity contribution in [2.45, 2.75) is 20.8 Å². The maximum Gasteiger partial charge on any atom is 0.175 e. The van der Waals surface area contributed by atoms with Crippen LogP contribution in [-0.4, -0.2) is 12.4 Å². The number of carbonyl (C=O) groups is 1. The van der Waals surface area contributed by atoms with Crippen LogP contribution in [0, 0.1) is 12.3 Å². The number of ether oxygens (including phenoxy) is 1. The van der Waals surface area contributed by atoms with Crippen LogP contribution in [0.4, 0.5) is 0 Å². The average Bonchev–Trinajstić information content (AvgIpc) is 2.13. The number of benzene rings is 1. The van der Waals surface area contributed by atoms with E-state index < -0.39 is 0 Å². The SMILES string of the molecule is Cc1cccc2c1OCC(C)(C)C2=O. The van der Waals surface area contributed by atoms with Gasteiger partial charge in [0.05, 0.1) is 11.0 Å². The standard InChI is InChI=1S/C12H14O2/c1-8-5-4-6-9-10(8)14-7-12(2,3)11(9)13/h4-6H,7H2,1-3H3. The fraction of sp³-hybridized carbons (Fsp3) is 0.417. The Labute approximate surface area is 83.9 Å². The van der Waals surface area contributed by atoms with Gasteiger partial charge in [0, 0.05) is 0 Å².